The maximum Gasteiger partial charge on any atom is 0.300 e. The number of aliphatic carboxylic acids is 1. The van der Waals surface area contributed by atoms with Crippen LogP contribution in [0.4, 0.5) is 0 Å². The summed E-state index contributed by atoms with van der Waals surface area (Å²) in [6, 6.07) is 12.0. The summed E-state index contributed by atoms with van der Waals surface area (Å²) in [4.78, 5) is 9.00. The van der Waals surface area contributed by atoms with Crippen LogP contribution in [0.25, 0.3) is 0 Å². The summed E-state index contributed by atoms with van der Waals surface area (Å²) in [7, 11) is 0. The van der Waals surface area contributed by atoms with E-state index < -0.39 is 10.3 Å². The molecule has 0 atom stereocenters. The number of hydrogen-bond donors (Lipinski definition) is 1. The summed E-state index contributed by atoms with van der Waals surface area (Å²) in [5.74, 6) is -0.833. The van der Waals surface area contributed by atoms with E-state index in [4.69, 9.17) is 44.7 Å². The van der Waals surface area contributed by atoms with E-state index in [0.29, 0.717) is 0 Å². The molecule has 88 valence electrons. The van der Waals surface area contributed by atoms with E-state index in [1.165, 1.54) is 0 Å². The third-order valence-corrected chi connectivity index (χ3v) is 0.667. The van der Waals surface area contributed by atoms with Crippen molar-refractivity contribution >= 4 is 40.8 Å². The first-order valence-corrected chi connectivity index (χ1v) is 4.89. The Morgan fingerprint density at radius 1 is 1.00 bits per heavy atom. The molecule has 0 aliphatic carbocycles. The zero-order valence-electron chi connectivity index (χ0n) is 8.03. The van der Waals surface area contributed by atoms with Gasteiger partial charge in [0.05, 0.1) is 0 Å². The van der Waals surface area contributed by atoms with E-state index in [0.717, 1.165) is 6.92 Å². The Balaban J connectivity index is -0.000000145. The molecule has 0 heterocycles. The smallest absolute Gasteiger partial charge is 0.300 e. The van der Waals surface area contributed by atoms with Gasteiger partial charge in [-0.1, -0.05) is 71.2 Å². The normalized spacial score (nSPS) is 7.27. The van der Waals surface area contributed by atoms with Crippen LogP contribution in [0.3, 0.4) is 0 Å². The van der Waals surface area contributed by atoms with Crippen molar-refractivity contribution in [3.8, 4) is 0 Å². The molecule has 3 nitrogen and oxygen atoms in total. The van der Waals surface area contributed by atoms with Gasteiger partial charge in [-0.3, -0.25) is 4.79 Å². The van der Waals surface area contributed by atoms with Crippen molar-refractivity contribution in [1.82, 2.24) is 0 Å². The minimum Gasteiger partial charge on any atom is -0.481 e. The Morgan fingerprint density at radius 2 is 1.07 bits per heavy atom. The molecule has 0 saturated heterocycles. The maximum atomic E-state index is 9.00. The van der Waals surface area contributed by atoms with Gasteiger partial charge in [0, 0.05) is 6.92 Å². The van der Waals surface area contributed by atoms with Gasteiger partial charge < -0.3 is 10.6 Å². The molecule has 3 N–H and O–H groups in total. The molecule has 0 aliphatic heterocycles. The van der Waals surface area contributed by atoms with Crippen LogP contribution < -0.4 is 0 Å². The van der Waals surface area contributed by atoms with Crippen LogP contribution in [0, 0.1) is 0 Å². The summed E-state index contributed by atoms with van der Waals surface area (Å²) >= 11 is 14.4. The van der Waals surface area contributed by atoms with Gasteiger partial charge in [-0.15, -0.1) is 0 Å². The molecule has 0 radical (unpaired) electrons. The molecular formula is C9H13Cl3O3. The first kappa shape index (κ1) is 20.0. The van der Waals surface area contributed by atoms with E-state index in [1.54, 1.807) is 0 Å². The van der Waals surface area contributed by atoms with Crippen molar-refractivity contribution < 1.29 is 15.4 Å². The van der Waals surface area contributed by atoms with Crippen LogP contribution >= 0.6 is 34.8 Å². The highest BCUT2D eigenvalue weighted by atomic mass is 35.6. The third kappa shape index (κ3) is 58.9. The zero-order valence-corrected chi connectivity index (χ0v) is 10.3. The number of alkyl halides is 3. The van der Waals surface area contributed by atoms with Crippen molar-refractivity contribution in [2.24, 2.45) is 0 Å². The van der Waals surface area contributed by atoms with Gasteiger partial charge in [-0.05, 0) is 0 Å². The molecule has 1 aromatic rings. The van der Waals surface area contributed by atoms with Crippen molar-refractivity contribution in [2.75, 3.05) is 0 Å². The Morgan fingerprint density at radius 3 is 1.13 bits per heavy atom. The lowest BCUT2D eigenvalue weighted by atomic mass is 10.4. The highest BCUT2D eigenvalue weighted by Crippen LogP contribution is 2.03. The summed E-state index contributed by atoms with van der Waals surface area (Å²) in [6.45, 7) is 1.08. The predicted molar refractivity (Wildman–Crippen MR) is 64.7 cm³/mol. The number of carboxylic acids is 1. The van der Waals surface area contributed by atoms with Crippen molar-refractivity contribution in [3.63, 3.8) is 0 Å². The SMILES string of the molecule is CC(=O)O.ClC(Cl)Cl.O.c1ccccc1. The van der Waals surface area contributed by atoms with E-state index in [1.807, 2.05) is 36.4 Å². The van der Waals surface area contributed by atoms with Crippen molar-refractivity contribution in [3.05, 3.63) is 36.4 Å². The minimum atomic E-state index is -0.833. The highest BCUT2D eigenvalue weighted by Gasteiger charge is 1.78. The van der Waals surface area contributed by atoms with Crippen LogP contribution in [0.1, 0.15) is 6.92 Å². The second-order valence-corrected chi connectivity index (χ2v) is 3.90. The average Bonchev–Trinajstić information content (AvgIpc) is 2.05. The molecule has 0 amide bonds. The summed E-state index contributed by atoms with van der Waals surface area (Å²) in [5.41, 5.74) is 0. The van der Waals surface area contributed by atoms with Gasteiger partial charge in [0.15, 0.2) is 4.30 Å². The Bertz CT molecular complexity index is 184. The number of carbonyl (C=O) groups is 1. The fourth-order valence-corrected chi connectivity index (χ4v) is 0.385. The predicted octanol–water partition coefficient (Wildman–Crippen LogP) is 2.94. The fourth-order valence-electron chi connectivity index (χ4n) is 0.385. The monoisotopic (exact) mass is 274 g/mol. The molecule has 0 spiro atoms. The van der Waals surface area contributed by atoms with E-state index in [-0.39, 0.29) is 5.48 Å². The molecule has 0 unspecified atom stereocenters. The van der Waals surface area contributed by atoms with Crippen LogP contribution in [0.15, 0.2) is 36.4 Å². The van der Waals surface area contributed by atoms with E-state index >= 15 is 0 Å². The average molecular weight is 276 g/mol. The van der Waals surface area contributed by atoms with Gasteiger partial charge >= 0.3 is 0 Å². The largest absolute Gasteiger partial charge is 0.481 e. The maximum absolute atomic E-state index is 9.00. The molecule has 0 fully saturated rings. The zero-order chi connectivity index (χ0) is 11.4. The lowest BCUT2D eigenvalue weighted by Gasteiger charge is -1.69. The molecule has 1 aromatic carbocycles. The van der Waals surface area contributed by atoms with Crippen LogP contribution in [0.2, 0.25) is 0 Å². The summed E-state index contributed by atoms with van der Waals surface area (Å²) in [6.07, 6.45) is 0. The third-order valence-electron chi connectivity index (χ3n) is 0.667. The molecule has 15 heavy (non-hydrogen) atoms. The van der Waals surface area contributed by atoms with Crippen molar-refractivity contribution in [2.45, 2.75) is 11.2 Å². The molecule has 0 aliphatic rings. The quantitative estimate of drug-likeness (QED) is 0.740. The Hall–Kier alpha value is -0.480. The topological polar surface area (TPSA) is 68.8 Å². The number of benzene rings is 1. The molecule has 0 saturated carbocycles. The highest BCUT2D eigenvalue weighted by molar-refractivity contribution is 6.63. The van der Waals surface area contributed by atoms with E-state index in [2.05, 4.69) is 0 Å². The summed E-state index contributed by atoms with van der Waals surface area (Å²) in [5, 5.41) is 7.42. The lowest BCUT2D eigenvalue weighted by Crippen LogP contribution is -1.78. The molecule has 6 heteroatoms. The fraction of sp³-hybridized carbons (Fsp3) is 0.222. The van der Waals surface area contributed by atoms with E-state index in [9.17, 15) is 0 Å². The van der Waals surface area contributed by atoms with Crippen molar-refractivity contribution in [1.29, 1.82) is 0 Å². The standard InChI is InChI=1S/C6H6.C2H4O2.CHCl3.H2O/c1-2-4-6-5-3-1;1-2(3)4;2-1(3)4;/h1-6H;1H3,(H,3,4);1H;1H2. The molecule has 0 aromatic heterocycles. The first-order valence-electron chi connectivity index (χ1n) is 3.58. The van der Waals surface area contributed by atoms with Crippen LogP contribution in [-0.4, -0.2) is 20.8 Å². The Labute approximate surface area is 104 Å². The second-order valence-electron chi connectivity index (χ2n) is 1.92. The van der Waals surface area contributed by atoms with Gasteiger partial charge in [-0.2, -0.15) is 0 Å². The lowest BCUT2D eigenvalue weighted by molar-refractivity contribution is -0.134. The summed E-state index contributed by atoms with van der Waals surface area (Å²) < 4.78 is -0.750. The molecule has 1 rings (SSSR count). The second kappa shape index (κ2) is 16.0. The number of hydrogen-bond acceptors (Lipinski definition) is 1. The molecule has 0 bridgehead atoms. The van der Waals surface area contributed by atoms with Crippen LogP contribution in [-0.2, 0) is 4.79 Å². The Kier molecular flexibility index (Phi) is 21.3. The van der Waals surface area contributed by atoms with Gasteiger partial charge in [-0.25, -0.2) is 0 Å². The van der Waals surface area contributed by atoms with Gasteiger partial charge in [0.1, 0.15) is 0 Å². The van der Waals surface area contributed by atoms with Gasteiger partial charge in [0.2, 0.25) is 0 Å². The van der Waals surface area contributed by atoms with Gasteiger partial charge in [0.25, 0.3) is 5.97 Å². The number of rotatable bonds is 0. The first-order chi connectivity index (χ1) is 6.46. The van der Waals surface area contributed by atoms with Crippen LogP contribution in [0.5, 0.6) is 0 Å². The number of carboxylic acid groups (broad SMARTS) is 1. The molecular weight excluding hydrogens is 262 g/mol. The minimum absolute atomic E-state index is 0. The number of halogens is 3.